The van der Waals surface area contributed by atoms with E-state index >= 15 is 0 Å². The van der Waals surface area contributed by atoms with Gasteiger partial charge in [-0.2, -0.15) is 0 Å². The van der Waals surface area contributed by atoms with Crippen LogP contribution in [-0.4, -0.2) is 40.7 Å². The molecule has 1 heterocycles. The molecule has 3 amide bonds. The van der Waals surface area contributed by atoms with Gasteiger partial charge in [0.15, 0.2) is 0 Å². The molecule has 0 aliphatic rings. The lowest BCUT2D eigenvalue weighted by Gasteiger charge is -2.12. The van der Waals surface area contributed by atoms with Crippen LogP contribution in [0.1, 0.15) is 31.1 Å². The summed E-state index contributed by atoms with van der Waals surface area (Å²) in [6.45, 7) is 7.23. The van der Waals surface area contributed by atoms with Crippen LogP contribution in [0.3, 0.4) is 0 Å². The van der Waals surface area contributed by atoms with Crippen LogP contribution in [0.5, 0.6) is 5.75 Å². The van der Waals surface area contributed by atoms with Gasteiger partial charge < -0.3 is 25.3 Å². The van der Waals surface area contributed by atoms with Crippen molar-refractivity contribution >= 4 is 28.7 Å². The number of nitrogens with zero attached hydrogens (tertiary/aromatic N) is 2. The van der Waals surface area contributed by atoms with Crippen molar-refractivity contribution in [2.24, 2.45) is 0 Å². The van der Waals surface area contributed by atoms with E-state index in [1.54, 1.807) is 24.5 Å². The standard InChI is InChI=1S/C22H27N5O3/c1-4-30-20-8-6-5-7-17(20)26-22(29)23-11-12-27-14-24-18-13-16(9-10-19(18)27)21(28)25-15(2)3/h5-10,13-15H,4,11-12H2,1-3H3,(H,25,28)(H2,23,26,29). The second kappa shape index (κ2) is 9.78. The normalized spacial score (nSPS) is 10.8. The third-order valence-corrected chi connectivity index (χ3v) is 4.38. The highest BCUT2D eigenvalue weighted by Gasteiger charge is 2.11. The van der Waals surface area contributed by atoms with E-state index in [0.29, 0.717) is 36.7 Å². The van der Waals surface area contributed by atoms with Gasteiger partial charge in [-0.25, -0.2) is 9.78 Å². The minimum atomic E-state index is -0.306. The van der Waals surface area contributed by atoms with E-state index in [2.05, 4.69) is 20.9 Å². The van der Waals surface area contributed by atoms with Crippen molar-refractivity contribution < 1.29 is 14.3 Å². The number of amides is 3. The predicted octanol–water partition coefficient (Wildman–Crippen LogP) is 3.39. The number of urea groups is 1. The maximum Gasteiger partial charge on any atom is 0.319 e. The molecule has 0 radical (unpaired) electrons. The lowest BCUT2D eigenvalue weighted by molar-refractivity contribution is 0.0943. The maximum atomic E-state index is 12.2. The molecule has 3 N–H and O–H groups in total. The van der Waals surface area contributed by atoms with E-state index in [4.69, 9.17) is 4.74 Å². The molecule has 30 heavy (non-hydrogen) atoms. The van der Waals surface area contributed by atoms with E-state index < -0.39 is 0 Å². The molecule has 3 rings (SSSR count). The molecule has 0 bridgehead atoms. The average Bonchev–Trinajstić information content (AvgIpc) is 3.11. The first-order chi connectivity index (χ1) is 14.5. The van der Waals surface area contributed by atoms with E-state index in [1.807, 2.05) is 49.6 Å². The van der Waals surface area contributed by atoms with Crippen molar-refractivity contribution in [2.75, 3.05) is 18.5 Å². The molecule has 0 aliphatic carbocycles. The summed E-state index contributed by atoms with van der Waals surface area (Å²) >= 11 is 0. The van der Waals surface area contributed by atoms with Crippen LogP contribution in [0.4, 0.5) is 10.5 Å². The van der Waals surface area contributed by atoms with Crippen molar-refractivity contribution in [3.63, 3.8) is 0 Å². The van der Waals surface area contributed by atoms with Crippen molar-refractivity contribution in [2.45, 2.75) is 33.4 Å². The number of carbonyl (C=O) groups excluding carboxylic acids is 2. The fourth-order valence-corrected chi connectivity index (χ4v) is 3.04. The number of fused-ring (bicyclic) bond motifs is 1. The highest BCUT2D eigenvalue weighted by molar-refractivity contribution is 5.97. The zero-order valence-electron chi connectivity index (χ0n) is 17.4. The second-order valence-corrected chi connectivity index (χ2v) is 7.08. The molecule has 3 aromatic rings. The molecule has 8 heteroatoms. The molecule has 0 saturated heterocycles. The summed E-state index contributed by atoms with van der Waals surface area (Å²) in [4.78, 5) is 28.8. The Morgan fingerprint density at radius 2 is 1.97 bits per heavy atom. The van der Waals surface area contributed by atoms with Gasteiger partial charge in [-0.1, -0.05) is 12.1 Å². The Morgan fingerprint density at radius 3 is 2.73 bits per heavy atom. The van der Waals surface area contributed by atoms with Crippen molar-refractivity contribution in [3.05, 3.63) is 54.4 Å². The lowest BCUT2D eigenvalue weighted by atomic mass is 10.2. The topological polar surface area (TPSA) is 97.3 Å². The SMILES string of the molecule is CCOc1ccccc1NC(=O)NCCn1cnc2cc(C(=O)NC(C)C)ccc21. The number of anilines is 1. The number of benzene rings is 2. The number of nitrogens with one attached hydrogen (secondary N) is 3. The van der Waals surface area contributed by atoms with Gasteiger partial charge in [0.25, 0.3) is 5.91 Å². The lowest BCUT2D eigenvalue weighted by Crippen LogP contribution is -2.31. The Kier molecular flexibility index (Phi) is 6.90. The van der Waals surface area contributed by atoms with Gasteiger partial charge in [0.1, 0.15) is 5.75 Å². The number of hydrogen-bond donors (Lipinski definition) is 3. The summed E-state index contributed by atoms with van der Waals surface area (Å²) < 4.78 is 7.45. The van der Waals surface area contributed by atoms with E-state index in [9.17, 15) is 9.59 Å². The monoisotopic (exact) mass is 409 g/mol. The van der Waals surface area contributed by atoms with Crippen LogP contribution in [0.25, 0.3) is 11.0 Å². The number of rotatable bonds is 8. The van der Waals surface area contributed by atoms with Crippen LogP contribution in [-0.2, 0) is 6.54 Å². The van der Waals surface area contributed by atoms with Gasteiger partial charge in [-0.05, 0) is 51.1 Å². The van der Waals surface area contributed by atoms with E-state index in [-0.39, 0.29) is 18.0 Å². The van der Waals surface area contributed by atoms with Gasteiger partial charge in [0, 0.05) is 24.7 Å². The first-order valence-electron chi connectivity index (χ1n) is 10.0. The summed E-state index contributed by atoms with van der Waals surface area (Å²) in [5.74, 6) is 0.514. The molecule has 0 aliphatic heterocycles. The molecule has 0 atom stereocenters. The maximum absolute atomic E-state index is 12.2. The number of ether oxygens (including phenoxy) is 1. The number of aromatic nitrogens is 2. The minimum absolute atomic E-state index is 0.0727. The summed E-state index contributed by atoms with van der Waals surface area (Å²) in [5, 5.41) is 8.51. The molecule has 0 spiro atoms. The van der Waals surface area contributed by atoms with Gasteiger partial charge in [0.2, 0.25) is 0 Å². The quantitative estimate of drug-likeness (QED) is 0.531. The van der Waals surface area contributed by atoms with Gasteiger partial charge >= 0.3 is 6.03 Å². The molecule has 158 valence electrons. The molecule has 0 saturated carbocycles. The summed E-state index contributed by atoms with van der Waals surface area (Å²) in [6.07, 6.45) is 1.71. The summed E-state index contributed by atoms with van der Waals surface area (Å²) in [7, 11) is 0. The number of imidazole rings is 1. The first kappa shape index (κ1) is 21.2. The highest BCUT2D eigenvalue weighted by atomic mass is 16.5. The minimum Gasteiger partial charge on any atom is -0.492 e. The Hall–Kier alpha value is -3.55. The summed E-state index contributed by atoms with van der Waals surface area (Å²) in [5.41, 5.74) is 2.84. The largest absolute Gasteiger partial charge is 0.492 e. The Balaban J connectivity index is 1.57. The molecular weight excluding hydrogens is 382 g/mol. The number of hydrogen-bond acceptors (Lipinski definition) is 4. The third-order valence-electron chi connectivity index (χ3n) is 4.38. The Morgan fingerprint density at radius 1 is 1.17 bits per heavy atom. The molecule has 8 nitrogen and oxygen atoms in total. The number of para-hydroxylation sites is 2. The van der Waals surface area contributed by atoms with Crippen LogP contribution >= 0.6 is 0 Å². The van der Waals surface area contributed by atoms with Crippen LogP contribution in [0.2, 0.25) is 0 Å². The molecule has 0 unspecified atom stereocenters. The zero-order chi connectivity index (χ0) is 21.5. The van der Waals surface area contributed by atoms with E-state index in [0.717, 1.165) is 11.0 Å². The smallest absolute Gasteiger partial charge is 0.319 e. The van der Waals surface area contributed by atoms with Crippen LogP contribution in [0, 0.1) is 0 Å². The predicted molar refractivity (Wildman–Crippen MR) is 117 cm³/mol. The van der Waals surface area contributed by atoms with Gasteiger partial charge in [-0.3, -0.25) is 4.79 Å². The van der Waals surface area contributed by atoms with Gasteiger partial charge in [-0.15, -0.1) is 0 Å². The average molecular weight is 409 g/mol. The summed E-state index contributed by atoms with van der Waals surface area (Å²) in [6, 6.07) is 12.5. The van der Waals surface area contributed by atoms with Crippen LogP contribution in [0.15, 0.2) is 48.8 Å². The Bertz CT molecular complexity index is 1030. The van der Waals surface area contributed by atoms with Crippen molar-refractivity contribution in [1.29, 1.82) is 0 Å². The van der Waals surface area contributed by atoms with Crippen LogP contribution < -0.4 is 20.7 Å². The second-order valence-electron chi connectivity index (χ2n) is 7.08. The molecule has 1 aromatic heterocycles. The molecular formula is C22H27N5O3. The number of carbonyl (C=O) groups is 2. The third kappa shape index (κ3) is 5.28. The van der Waals surface area contributed by atoms with E-state index in [1.165, 1.54) is 0 Å². The Labute approximate surface area is 175 Å². The van der Waals surface area contributed by atoms with Crippen molar-refractivity contribution in [1.82, 2.24) is 20.2 Å². The zero-order valence-corrected chi connectivity index (χ0v) is 17.4. The highest BCUT2D eigenvalue weighted by Crippen LogP contribution is 2.23. The molecule has 0 fully saturated rings. The fraction of sp³-hybridized carbons (Fsp3) is 0.318. The van der Waals surface area contributed by atoms with Crippen molar-refractivity contribution in [3.8, 4) is 5.75 Å². The fourth-order valence-electron chi connectivity index (χ4n) is 3.04. The molecule has 2 aromatic carbocycles. The first-order valence-corrected chi connectivity index (χ1v) is 10.0. The van der Waals surface area contributed by atoms with Gasteiger partial charge in [0.05, 0.1) is 29.7 Å².